The first-order chi connectivity index (χ1) is 17.7. The Bertz CT molecular complexity index is 1520. The van der Waals surface area contributed by atoms with Gasteiger partial charge in [-0.25, -0.2) is 4.90 Å². The van der Waals surface area contributed by atoms with Crippen molar-refractivity contribution < 1.29 is 28.8 Å². The van der Waals surface area contributed by atoms with Crippen LogP contribution in [0.15, 0.2) is 66.7 Å². The van der Waals surface area contributed by atoms with Crippen LogP contribution in [0.3, 0.4) is 0 Å². The van der Waals surface area contributed by atoms with Gasteiger partial charge in [-0.2, -0.15) is 0 Å². The Morgan fingerprint density at radius 2 is 1.49 bits per heavy atom. The molecule has 184 valence electrons. The summed E-state index contributed by atoms with van der Waals surface area (Å²) in [5.74, 6) is -5.15. The predicted molar refractivity (Wildman–Crippen MR) is 130 cm³/mol. The van der Waals surface area contributed by atoms with Gasteiger partial charge in [0.25, 0.3) is 5.69 Å². The van der Waals surface area contributed by atoms with Gasteiger partial charge in [-0.3, -0.25) is 29.3 Å². The molecule has 3 atom stereocenters. The number of ketones is 2. The Morgan fingerprint density at radius 3 is 2.05 bits per heavy atom. The summed E-state index contributed by atoms with van der Waals surface area (Å²) in [7, 11) is 0. The number of rotatable bonds is 3. The molecule has 9 nitrogen and oxygen atoms in total. The van der Waals surface area contributed by atoms with Gasteiger partial charge in [-0.1, -0.05) is 54.1 Å². The van der Waals surface area contributed by atoms with Crippen LogP contribution >= 0.6 is 0 Å². The van der Waals surface area contributed by atoms with E-state index in [0.717, 1.165) is 10.5 Å². The van der Waals surface area contributed by atoms with Crippen LogP contribution in [0.4, 0.5) is 11.4 Å². The summed E-state index contributed by atoms with van der Waals surface area (Å²) in [5.41, 5.74) is -0.00671. The molecule has 2 amide bonds. The average Bonchev–Trinajstić information content (AvgIpc) is 3.45. The number of benzene rings is 3. The molecule has 0 saturated carbocycles. The number of fused-ring (bicyclic) bond motifs is 3. The van der Waals surface area contributed by atoms with E-state index in [1.165, 1.54) is 30.3 Å². The molecule has 3 aromatic rings. The van der Waals surface area contributed by atoms with Crippen LogP contribution in [0, 0.1) is 35.8 Å². The number of hydrogen-bond acceptors (Lipinski definition) is 7. The second kappa shape index (κ2) is 7.75. The Balaban J connectivity index is 1.53. The predicted octanol–water partition coefficient (Wildman–Crippen LogP) is 3.91. The molecule has 9 heteroatoms. The number of carbonyl (C=O) groups is 4. The fourth-order valence-corrected chi connectivity index (χ4v) is 5.82. The van der Waals surface area contributed by atoms with Crippen molar-refractivity contribution in [3.05, 3.63) is 105 Å². The minimum atomic E-state index is -2.17. The first-order valence-electron chi connectivity index (χ1n) is 11.7. The Hall–Kier alpha value is -4.50. The molecule has 3 aromatic carbocycles. The molecule has 2 heterocycles. The fourth-order valence-electron chi connectivity index (χ4n) is 5.82. The number of hydrogen-bond donors (Lipinski definition) is 0. The van der Waals surface area contributed by atoms with Crippen LogP contribution in [-0.2, 0) is 14.3 Å². The van der Waals surface area contributed by atoms with Crippen LogP contribution in [0.5, 0.6) is 0 Å². The molecule has 37 heavy (non-hydrogen) atoms. The van der Waals surface area contributed by atoms with Gasteiger partial charge in [-0.05, 0) is 31.0 Å². The lowest BCUT2D eigenvalue weighted by atomic mass is 9.77. The lowest BCUT2D eigenvalue weighted by Gasteiger charge is -2.27. The van der Waals surface area contributed by atoms with E-state index in [2.05, 4.69) is 0 Å². The Kier molecular flexibility index (Phi) is 4.80. The second-order valence-electron chi connectivity index (χ2n) is 9.63. The lowest BCUT2D eigenvalue weighted by Crippen LogP contribution is -2.51. The summed E-state index contributed by atoms with van der Waals surface area (Å²) < 4.78 is 6.26. The van der Waals surface area contributed by atoms with Gasteiger partial charge in [0.05, 0.1) is 28.6 Å². The van der Waals surface area contributed by atoms with Crippen molar-refractivity contribution in [2.45, 2.75) is 25.6 Å². The molecular weight excluding hydrogens is 476 g/mol. The molecule has 2 aliphatic heterocycles. The van der Waals surface area contributed by atoms with E-state index in [9.17, 15) is 29.3 Å². The van der Waals surface area contributed by atoms with Crippen molar-refractivity contribution in [1.29, 1.82) is 0 Å². The summed E-state index contributed by atoms with van der Waals surface area (Å²) >= 11 is 0. The van der Waals surface area contributed by atoms with E-state index < -0.39 is 51.8 Å². The third-order valence-corrected chi connectivity index (χ3v) is 7.56. The van der Waals surface area contributed by atoms with Gasteiger partial charge in [0.2, 0.25) is 29.0 Å². The van der Waals surface area contributed by atoms with Crippen molar-refractivity contribution in [2.75, 3.05) is 4.90 Å². The SMILES string of the molecule is Cc1ccc([C@H]2OC3(C(=O)c4ccccc4C3=O)[C@@H]3C(=O)N(c4ccc([N+](=O)[O-])cc4C)C(=O)[C@H]23)cc1. The highest BCUT2D eigenvalue weighted by molar-refractivity contribution is 6.37. The van der Waals surface area contributed by atoms with E-state index in [1.54, 1.807) is 31.2 Å². The third kappa shape index (κ3) is 2.94. The average molecular weight is 496 g/mol. The fraction of sp³-hybridized carbons (Fsp3) is 0.214. The number of Topliss-reactive ketones (excluding diaryl/α,β-unsaturated/α-hetero) is 2. The van der Waals surface area contributed by atoms with Crippen molar-refractivity contribution >= 4 is 34.8 Å². The molecule has 6 rings (SSSR count). The quantitative estimate of drug-likeness (QED) is 0.233. The largest absolute Gasteiger partial charge is 0.349 e. The number of non-ortho nitro benzene ring substituents is 1. The number of aryl methyl sites for hydroxylation is 2. The molecular formula is C28H20N2O7. The maximum atomic E-state index is 14.0. The maximum Gasteiger partial charge on any atom is 0.269 e. The van der Waals surface area contributed by atoms with Gasteiger partial charge in [-0.15, -0.1) is 0 Å². The number of amides is 2. The van der Waals surface area contributed by atoms with Gasteiger partial charge in [0.1, 0.15) is 0 Å². The normalized spacial score (nSPS) is 23.6. The van der Waals surface area contributed by atoms with Gasteiger partial charge >= 0.3 is 0 Å². The molecule has 2 fully saturated rings. The molecule has 0 unspecified atom stereocenters. The zero-order chi connectivity index (χ0) is 26.2. The lowest BCUT2D eigenvalue weighted by molar-refractivity contribution is -0.384. The Labute approximate surface area is 210 Å². The van der Waals surface area contributed by atoms with Gasteiger partial charge in [0, 0.05) is 23.3 Å². The highest BCUT2D eigenvalue weighted by Crippen LogP contribution is 2.57. The zero-order valence-electron chi connectivity index (χ0n) is 19.8. The summed E-state index contributed by atoms with van der Waals surface area (Å²) in [6.45, 7) is 3.45. The summed E-state index contributed by atoms with van der Waals surface area (Å²) in [5, 5.41) is 11.2. The summed E-state index contributed by atoms with van der Waals surface area (Å²) in [4.78, 5) is 67.1. The molecule has 2 saturated heterocycles. The minimum Gasteiger partial charge on any atom is -0.349 e. The molecule has 1 spiro atoms. The molecule has 3 aliphatic rings. The molecule has 0 aromatic heterocycles. The minimum absolute atomic E-state index is 0.154. The number of nitro groups is 1. The maximum absolute atomic E-state index is 14.0. The van der Waals surface area contributed by atoms with Crippen LogP contribution < -0.4 is 4.90 Å². The number of ether oxygens (including phenoxy) is 1. The van der Waals surface area contributed by atoms with E-state index in [-0.39, 0.29) is 22.5 Å². The highest BCUT2D eigenvalue weighted by atomic mass is 16.6. The van der Waals surface area contributed by atoms with Crippen molar-refractivity contribution in [3.63, 3.8) is 0 Å². The van der Waals surface area contributed by atoms with Crippen LogP contribution in [-0.4, -0.2) is 33.9 Å². The van der Waals surface area contributed by atoms with Crippen molar-refractivity contribution in [3.8, 4) is 0 Å². The first-order valence-corrected chi connectivity index (χ1v) is 11.7. The van der Waals surface area contributed by atoms with Gasteiger partial charge in [0.15, 0.2) is 0 Å². The standard InChI is InChI=1S/C28H20N2O7/c1-14-7-9-16(10-8-14)23-21-22(28(37-23)24(31)18-5-3-4-6-19(18)25(28)32)27(34)29(26(21)33)20-12-11-17(30(35)36)13-15(20)2/h3-13,21-23H,1-2H3/t21-,22-,23+/m0/s1. The van der Waals surface area contributed by atoms with E-state index in [0.29, 0.717) is 11.1 Å². The molecule has 0 N–H and O–H groups in total. The second-order valence-corrected chi connectivity index (χ2v) is 9.63. The summed E-state index contributed by atoms with van der Waals surface area (Å²) in [6, 6.07) is 17.3. The van der Waals surface area contributed by atoms with E-state index in [4.69, 9.17) is 4.74 Å². The first kappa shape index (κ1) is 22.9. The molecule has 1 aliphatic carbocycles. The monoisotopic (exact) mass is 496 g/mol. The van der Waals surface area contributed by atoms with E-state index >= 15 is 0 Å². The number of imide groups is 1. The number of nitrogens with zero attached hydrogens (tertiary/aromatic N) is 2. The Morgan fingerprint density at radius 1 is 0.865 bits per heavy atom. The molecule has 0 bridgehead atoms. The summed E-state index contributed by atoms with van der Waals surface area (Å²) in [6.07, 6.45) is -1.02. The number of carbonyl (C=O) groups excluding carboxylic acids is 4. The van der Waals surface area contributed by atoms with Crippen LogP contribution in [0.1, 0.15) is 43.5 Å². The van der Waals surface area contributed by atoms with Crippen molar-refractivity contribution in [1.82, 2.24) is 0 Å². The zero-order valence-corrected chi connectivity index (χ0v) is 19.8. The van der Waals surface area contributed by atoms with Crippen LogP contribution in [0.25, 0.3) is 0 Å². The highest BCUT2D eigenvalue weighted by Gasteiger charge is 2.74. The smallest absolute Gasteiger partial charge is 0.269 e. The topological polar surface area (TPSA) is 124 Å². The molecule has 0 radical (unpaired) electrons. The number of anilines is 1. The third-order valence-electron chi connectivity index (χ3n) is 7.56. The van der Waals surface area contributed by atoms with Gasteiger partial charge < -0.3 is 4.74 Å². The van der Waals surface area contributed by atoms with Crippen LogP contribution in [0.2, 0.25) is 0 Å². The number of nitro benzene ring substituents is 1. The van der Waals surface area contributed by atoms with E-state index in [1.807, 2.05) is 19.1 Å². The van der Waals surface area contributed by atoms with Crippen molar-refractivity contribution in [2.24, 2.45) is 11.8 Å².